The molecule has 4 nitrogen and oxygen atoms in total. The lowest BCUT2D eigenvalue weighted by Gasteiger charge is -2.22. The third-order valence-corrected chi connectivity index (χ3v) is 5.96. The van der Waals surface area contributed by atoms with E-state index in [0.29, 0.717) is 6.61 Å². The summed E-state index contributed by atoms with van der Waals surface area (Å²) in [6.45, 7) is 1.02. The van der Waals surface area contributed by atoms with Crippen molar-refractivity contribution in [3.63, 3.8) is 0 Å². The van der Waals surface area contributed by atoms with Crippen LogP contribution in [0.5, 0.6) is 0 Å². The van der Waals surface area contributed by atoms with Gasteiger partial charge >= 0.3 is 6.09 Å². The molecule has 0 radical (unpaired) electrons. The van der Waals surface area contributed by atoms with Crippen molar-refractivity contribution >= 4 is 43.6 Å². The highest BCUT2D eigenvalue weighted by Gasteiger charge is 2.33. The molecule has 0 aliphatic carbocycles. The second-order valence-electron chi connectivity index (χ2n) is 6.06. The summed E-state index contributed by atoms with van der Waals surface area (Å²) in [6.07, 6.45) is 1.65. The fourth-order valence-electron chi connectivity index (χ4n) is 3.10. The van der Waals surface area contributed by atoms with Gasteiger partial charge in [0.25, 0.3) is 0 Å². The highest BCUT2D eigenvalue weighted by Crippen LogP contribution is 2.37. The van der Waals surface area contributed by atoms with Gasteiger partial charge in [0.05, 0.1) is 16.3 Å². The fourth-order valence-corrected chi connectivity index (χ4v) is 4.77. The molecule has 1 amide bonds. The zero-order valence-corrected chi connectivity index (χ0v) is 15.9. The van der Waals surface area contributed by atoms with Crippen LogP contribution in [-0.4, -0.2) is 22.5 Å². The summed E-state index contributed by atoms with van der Waals surface area (Å²) < 4.78 is 7.69. The van der Waals surface area contributed by atoms with E-state index in [2.05, 4.69) is 22.0 Å². The Morgan fingerprint density at radius 2 is 2.12 bits per heavy atom. The molecule has 1 aliphatic heterocycles. The number of halogens is 1. The lowest BCUT2D eigenvalue weighted by atomic mass is 10.2. The van der Waals surface area contributed by atoms with Gasteiger partial charge in [0.1, 0.15) is 11.6 Å². The first-order chi connectivity index (χ1) is 12.2. The number of carbonyl (C=O) groups excluding carboxylic acids is 1. The fraction of sp³-hybridized carbons (Fsp3) is 0.263. The number of aromatic nitrogens is 1. The molecule has 25 heavy (non-hydrogen) atoms. The van der Waals surface area contributed by atoms with Crippen LogP contribution < -0.4 is 0 Å². The van der Waals surface area contributed by atoms with Gasteiger partial charge in [0.2, 0.25) is 0 Å². The Labute approximate surface area is 158 Å². The van der Waals surface area contributed by atoms with Crippen molar-refractivity contribution in [2.45, 2.75) is 25.5 Å². The standard InChI is InChI=1S/C19H17BrN2O2S/c20-14-8-9-15-17(11-14)25-18(21-15)16-7-4-10-22(16)19(23)24-12-13-5-2-1-3-6-13/h1-3,5-6,8-9,11,16H,4,7,10,12H2. The Morgan fingerprint density at radius 3 is 2.96 bits per heavy atom. The molecule has 0 N–H and O–H groups in total. The van der Waals surface area contributed by atoms with Crippen LogP contribution in [0, 0.1) is 0 Å². The Balaban J connectivity index is 1.50. The van der Waals surface area contributed by atoms with Crippen molar-refractivity contribution in [1.29, 1.82) is 0 Å². The van der Waals surface area contributed by atoms with Crippen molar-refractivity contribution in [2.75, 3.05) is 6.54 Å². The summed E-state index contributed by atoms with van der Waals surface area (Å²) >= 11 is 5.15. The van der Waals surface area contributed by atoms with E-state index in [1.807, 2.05) is 47.4 Å². The van der Waals surface area contributed by atoms with Crippen molar-refractivity contribution in [3.05, 3.63) is 63.6 Å². The number of thiazole rings is 1. The van der Waals surface area contributed by atoms with Gasteiger partial charge in [-0.1, -0.05) is 46.3 Å². The van der Waals surface area contributed by atoms with E-state index in [1.54, 1.807) is 11.3 Å². The van der Waals surface area contributed by atoms with Crippen LogP contribution >= 0.6 is 27.3 Å². The molecule has 128 valence electrons. The SMILES string of the molecule is O=C(OCc1ccccc1)N1CCCC1c1nc2ccc(Br)cc2s1. The first kappa shape index (κ1) is 16.5. The molecule has 1 aromatic heterocycles. The van der Waals surface area contributed by atoms with Crippen LogP contribution in [0.4, 0.5) is 4.79 Å². The third kappa shape index (κ3) is 3.55. The number of ether oxygens (including phenoxy) is 1. The Bertz CT molecular complexity index is 897. The number of amides is 1. The highest BCUT2D eigenvalue weighted by atomic mass is 79.9. The molecule has 3 aromatic rings. The van der Waals surface area contributed by atoms with Gasteiger partial charge in [0, 0.05) is 11.0 Å². The van der Waals surface area contributed by atoms with Crippen LogP contribution in [0.25, 0.3) is 10.2 Å². The normalized spacial score (nSPS) is 17.2. The Morgan fingerprint density at radius 1 is 1.28 bits per heavy atom. The minimum absolute atomic E-state index is 0.0134. The molecule has 0 bridgehead atoms. The zero-order chi connectivity index (χ0) is 17.2. The van der Waals surface area contributed by atoms with E-state index >= 15 is 0 Å². The van der Waals surface area contributed by atoms with Crippen LogP contribution in [-0.2, 0) is 11.3 Å². The van der Waals surface area contributed by atoms with Gasteiger partial charge in [-0.2, -0.15) is 0 Å². The van der Waals surface area contributed by atoms with Crippen molar-refractivity contribution in [2.24, 2.45) is 0 Å². The summed E-state index contributed by atoms with van der Waals surface area (Å²) in [6, 6.07) is 15.8. The predicted octanol–water partition coefficient (Wildman–Crippen LogP) is 5.53. The summed E-state index contributed by atoms with van der Waals surface area (Å²) in [4.78, 5) is 19.1. The maximum Gasteiger partial charge on any atom is 0.410 e. The second-order valence-corrected chi connectivity index (χ2v) is 8.03. The molecular formula is C19H17BrN2O2S. The molecule has 2 aromatic carbocycles. The number of carbonyl (C=O) groups is 1. The van der Waals surface area contributed by atoms with E-state index in [9.17, 15) is 4.79 Å². The summed E-state index contributed by atoms with van der Waals surface area (Å²) in [5.41, 5.74) is 1.98. The molecule has 0 spiro atoms. The minimum atomic E-state index is -0.258. The number of benzene rings is 2. The molecule has 1 saturated heterocycles. The molecule has 1 atom stereocenters. The smallest absolute Gasteiger partial charge is 0.410 e. The van der Waals surface area contributed by atoms with Crippen molar-refractivity contribution in [1.82, 2.24) is 9.88 Å². The quantitative estimate of drug-likeness (QED) is 0.563. The second kappa shape index (κ2) is 7.14. The van der Waals surface area contributed by atoms with Gasteiger partial charge in [-0.3, -0.25) is 4.90 Å². The average Bonchev–Trinajstić information content (AvgIpc) is 3.26. The van der Waals surface area contributed by atoms with E-state index in [0.717, 1.165) is 44.6 Å². The number of fused-ring (bicyclic) bond motifs is 1. The van der Waals surface area contributed by atoms with E-state index in [-0.39, 0.29) is 12.1 Å². The number of nitrogens with zero attached hydrogens (tertiary/aromatic N) is 2. The highest BCUT2D eigenvalue weighted by molar-refractivity contribution is 9.10. The van der Waals surface area contributed by atoms with Gasteiger partial charge < -0.3 is 4.74 Å². The maximum absolute atomic E-state index is 12.5. The Hall–Kier alpha value is -1.92. The first-order valence-corrected chi connectivity index (χ1v) is 9.85. The molecular weight excluding hydrogens is 400 g/mol. The largest absolute Gasteiger partial charge is 0.445 e. The number of hydrogen-bond donors (Lipinski definition) is 0. The average molecular weight is 417 g/mol. The van der Waals surface area contributed by atoms with E-state index in [1.165, 1.54) is 0 Å². The molecule has 1 aliphatic rings. The van der Waals surface area contributed by atoms with Crippen LogP contribution in [0.15, 0.2) is 53.0 Å². The topological polar surface area (TPSA) is 42.4 Å². The molecule has 4 rings (SSSR count). The lowest BCUT2D eigenvalue weighted by molar-refractivity contribution is 0.0920. The number of hydrogen-bond acceptors (Lipinski definition) is 4. The molecule has 0 saturated carbocycles. The number of likely N-dealkylation sites (tertiary alicyclic amines) is 1. The van der Waals surface area contributed by atoms with Gasteiger partial charge in [-0.25, -0.2) is 9.78 Å². The van der Waals surface area contributed by atoms with Crippen LogP contribution in [0.3, 0.4) is 0 Å². The summed E-state index contributed by atoms with van der Waals surface area (Å²) in [7, 11) is 0. The number of rotatable bonds is 3. The first-order valence-electron chi connectivity index (χ1n) is 8.24. The van der Waals surface area contributed by atoms with Gasteiger partial charge in [-0.05, 0) is 36.6 Å². The molecule has 2 heterocycles. The molecule has 1 fully saturated rings. The third-order valence-electron chi connectivity index (χ3n) is 4.34. The monoisotopic (exact) mass is 416 g/mol. The van der Waals surface area contributed by atoms with Crippen LogP contribution in [0.1, 0.15) is 29.5 Å². The summed E-state index contributed by atoms with van der Waals surface area (Å²) in [5.74, 6) is 0. The maximum atomic E-state index is 12.5. The lowest BCUT2D eigenvalue weighted by Crippen LogP contribution is -2.31. The summed E-state index contributed by atoms with van der Waals surface area (Å²) in [5, 5.41) is 0.988. The minimum Gasteiger partial charge on any atom is -0.445 e. The van der Waals surface area contributed by atoms with Crippen molar-refractivity contribution in [3.8, 4) is 0 Å². The zero-order valence-electron chi connectivity index (χ0n) is 13.5. The van der Waals surface area contributed by atoms with E-state index in [4.69, 9.17) is 9.72 Å². The van der Waals surface area contributed by atoms with Gasteiger partial charge in [0.15, 0.2) is 0 Å². The van der Waals surface area contributed by atoms with E-state index < -0.39 is 0 Å². The Kier molecular flexibility index (Phi) is 4.72. The molecule has 6 heteroatoms. The molecule has 1 unspecified atom stereocenters. The predicted molar refractivity (Wildman–Crippen MR) is 103 cm³/mol. The van der Waals surface area contributed by atoms with Crippen LogP contribution in [0.2, 0.25) is 0 Å². The van der Waals surface area contributed by atoms with Crippen molar-refractivity contribution < 1.29 is 9.53 Å². The van der Waals surface area contributed by atoms with Gasteiger partial charge in [-0.15, -0.1) is 11.3 Å².